The van der Waals surface area contributed by atoms with Crippen molar-refractivity contribution in [3.05, 3.63) is 125 Å². The molecule has 0 bridgehead atoms. The van der Waals surface area contributed by atoms with Crippen LogP contribution in [-0.4, -0.2) is 203 Å². The molecule has 12 rings (SSSR count). The number of aliphatic carboxylic acids is 2. The predicted octanol–water partition coefficient (Wildman–Crippen LogP) is 4.11. The molecule has 2 spiro atoms. The Balaban J connectivity index is 0.000000182. The molecule has 2 atom stereocenters. The number of nitrogens with one attached hydrogen (secondary N) is 3. The van der Waals surface area contributed by atoms with E-state index in [1.165, 1.54) is 9.75 Å². The first-order valence-electron chi connectivity index (χ1n) is 32.0. The number of nitrogens with zero attached hydrogens (tertiary/aromatic N) is 10. The minimum Gasteiger partial charge on any atom is -0.550 e. The van der Waals surface area contributed by atoms with Gasteiger partial charge in [-0.25, -0.2) is 0 Å². The number of amides is 5. The first-order valence-corrected chi connectivity index (χ1v) is 34.4. The third-order valence-corrected chi connectivity index (χ3v) is 20.3. The summed E-state index contributed by atoms with van der Waals surface area (Å²) in [7, 11) is 0. The summed E-state index contributed by atoms with van der Waals surface area (Å²) in [5, 5.41) is 46.6. The molecular weight excluding hydrogens is 1330 g/mol. The summed E-state index contributed by atoms with van der Waals surface area (Å²) in [4.78, 5) is 96.6. The number of imide groups is 2. The van der Waals surface area contributed by atoms with Crippen LogP contribution in [0.25, 0.3) is 10.0 Å². The summed E-state index contributed by atoms with van der Waals surface area (Å²) in [5.74, 6) is -0.0902. The maximum atomic E-state index is 13.1. The van der Waals surface area contributed by atoms with Crippen molar-refractivity contribution in [2.75, 3.05) is 105 Å². The molecule has 4 fully saturated rings. The van der Waals surface area contributed by atoms with Gasteiger partial charge in [0.05, 0.1) is 94.5 Å². The number of benzene rings is 2. The Hall–Kier alpha value is -7.55. The van der Waals surface area contributed by atoms with Gasteiger partial charge in [-0.2, -0.15) is 0 Å². The highest BCUT2D eigenvalue weighted by Gasteiger charge is 2.52. The van der Waals surface area contributed by atoms with Crippen molar-refractivity contribution in [1.82, 2.24) is 55.3 Å². The molecule has 2 aromatic carbocycles. The molecule has 0 unspecified atom stereocenters. The molecule has 6 aliphatic rings. The third kappa shape index (κ3) is 18.0. The largest absolute Gasteiger partial charge is 0.550 e. The van der Waals surface area contributed by atoms with E-state index in [9.17, 15) is 33.9 Å². The Kier molecular flexibility index (Phi) is 25.3. The summed E-state index contributed by atoms with van der Waals surface area (Å²) in [6.45, 7) is 22.8. The zero-order valence-electron chi connectivity index (χ0n) is 55.4. The number of carbonyl (C=O) groups is 7. The Morgan fingerprint density at radius 2 is 1.01 bits per heavy atom. The third-order valence-electron chi connectivity index (χ3n) is 17.4. The van der Waals surface area contributed by atoms with Crippen LogP contribution in [-0.2, 0) is 52.5 Å². The van der Waals surface area contributed by atoms with Crippen LogP contribution in [0.15, 0.2) is 58.5 Å². The zero-order valence-corrected chi connectivity index (χ0v) is 58.6. The molecule has 6 aliphatic heterocycles. The number of halogens is 2. The molecule has 0 saturated carbocycles. The van der Waals surface area contributed by atoms with Crippen molar-refractivity contribution in [3.63, 3.8) is 0 Å². The smallest absolute Gasteiger partial charge is 0.306 e. The van der Waals surface area contributed by atoms with Crippen LogP contribution in [0, 0.1) is 52.4 Å². The first-order chi connectivity index (χ1) is 46.4. The van der Waals surface area contributed by atoms with Crippen molar-refractivity contribution in [2.24, 2.45) is 20.8 Å². The van der Waals surface area contributed by atoms with Gasteiger partial charge in [0.15, 0.2) is 11.6 Å². The van der Waals surface area contributed by atoms with Crippen molar-refractivity contribution >= 4 is 98.8 Å². The Morgan fingerprint density at radius 1 is 0.619 bits per heavy atom. The average Bonchev–Trinajstić information content (AvgIpc) is 1.71. The summed E-state index contributed by atoms with van der Waals surface area (Å²) in [5.41, 5.74) is 10.6. The lowest BCUT2D eigenvalue weighted by Crippen LogP contribution is -2.66. The van der Waals surface area contributed by atoms with Crippen LogP contribution in [0.2, 0.25) is 10.0 Å². The van der Waals surface area contributed by atoms with Crippen molar-refractivity contribution in [3.8, 4) is 10.0 Å². The van der Waals surface area contributed by atoms with Gasteiger partial charge in [0.25, 0.3) is 0 Å². The molecule has 520 valence electrons. The van der Waals surface area contributed by atoms with Gasteiger partial charge >= 0.3 is 5.97 Å². The summed E-state index contributed by atoms with van der Waals surface area (Å²) < 4.78 is 26.0. The molecule has 0 radical (unpaired) electrons. The quantitative estimate of drug-likeness (QED) is 0.0445. The number of hydrogen-bond donors (Lipinski definition) is 5. The molecule has 10 heterocycles. The van der Waals surface area contributed by atoms with Gasteiger partial charge in [0.1, 0.15) is 33.7 Å². The van der Waals surface area contributed by atoms with Crippen molar-refractivity contribution in [1.29, 1.82) is 0 Å². The number of aliphatic imine (C=N–C) groups is 2. The summed E-state index contributed by atoms with van der Waals surface area (Å²) >= 11 is 15.6. The minimum atomic E-state index is -1.08. The maximum Gasteiger partial charge on any atom is 0.306 e. The second-order valence-corrected chi connectivity index (χ2v) is 27.8. The van der Waals surface area contributed by atoms with Crippen LogP contribution in [0.4, 0.5) is 0 Å². The topological polar surface area (TPSA) is 356 Å². The highest BCUT2D eigenvalue weighted by atomic mass is 35.5. The lowest BCUT2D eigenvalue weighted by molar-refractivity contribution is -0.374. The number of hydrogen-bond acceptors (Lipinski definition) is 22. The molecule has 31 heteroatoms. The van der Waals surface area contributed by atoms with E-state index < -0.39 is 29.4 Å². The molecule has 97 heavy (non-hydrogen) atoms. The molecule has 6 aromatic rings. The predicted molar refractivity (Wildman–Crippen MR) is 361 cm³/mol. The van der Waals surface area contributed by atoms with Crippen molar-refractivity contribution < 1.29 is 68.5 Å². The van der Waals surface area contributed by atoms with Gasteiger partial charge < -0.3 is 45.0 Å². The number of likely N-dealkylation sites (tertiary alicyclic amines) is 2. The fourth-order valence-electron chi connectivity index (χ4n) is 12.2. The van der Waals surface area contributed by atoms with Crippen LogP contribution < -0.4 is 26.8 Å². The van der Waals surface area contributed by atoms with E-state index >= 15 is 0 Å². The van der Waals surface area contributed by atoms with E-state index in [1.807, 2.05) is 71.5 Å². The van der Waals surface area contributed by atoms with E-state index in [0.717, 1.165) is 106 Å². The molecule has 7 N–H and O–H groups in total. The second kappa shape index (κ2) is 33.3. The fourth-order valence-corrected chi connectivity index (χ4v) is 14.9. The molecule has 27 nitrogen and oxygen atoms in total. The number of thiophene rings is 2. The number of ether oxygens (including phenoxy) is 4. The number of rotatable bonds is 23. The monoisotopic (exact) mass is 1410 g/mol. The van der Waals surface area contributed by atoms with Crippen LogP contribution in [0.5, 0.6) is 0 Å². The SMILES string of the molecule is CC(=O)[O-].Cc1sc2c(c1C)C(c1ccc(Cl)cc1)=N[C@@H](CC(=O)NCCOCCOCCN1CC3(CCC(=O)NC3=O)C1)c1nnc(C)n1-2.Cc1sc2c(c1C)C(c1ccc(Cl)cc1)=N[C@@H](CC(=O)O)c1nnc(C)n1-2.[NH3+]CCOCCOCCN1CC2(CCC(=O)NC2=O)C1. The number of carboxylic acids is 2. The van der Waals surface area contributed by atoms with E-state index in [0.29, 0.717) is 120 Å². The Labute approximate surface area is 579 Å². The Bertz CT molecular complexity index is 3910. The molecule has 5 amide bonds. The minimum absolute atomic E-state index is 0.104. The van der Waals surface area contributed by atoms with Crippen LogP contribution in [0.1, 0.15) is 124 Å². The highest BCUT2D eigenvalue weighted by molar-refractivity contribution is 7.15. The molecule has 4 saturated heterocycles. The van der Waals surface area contributed by atoms with Gasteiger partial charge in [0, 0.05) is 107 Å². The lowest BCUT2D eigenvalue weighted by Gasteiger charge is -2.50. The number of piperidine rings is 2. The number of carboxylic acid groups (broad SMARTS) is 2. The van der Waals surface area contributed by atoms with Crippen molar-refractivity contribution in [2.45, 2.75) is 99.1 Å². The Morgan fingerprint density at radius 3 is 1.40 bits per heavy atom. The maximum absolute atomic E-state index is 13.1. The molecule has 0 aliphatic carbocycles. The van der Waals surface area contributed by atoms with E-state index in [1.54, 1.807) is 22.7 Å². The fraction of sp³-hybridized carbons (Fsp3) is 0.500. The standard InChI is InChI=1S/C32H38ClN7O5S.C19H17ClN4O2S.C13H23N3O4.C2H4O2/c1-19-20(2)46-30-27(19)28(22-4-6-23(33)7-5-22)35-24(29-38-37-21(3)40(29)30)16-26(42)34-10-12-44-14-15-45-13-11-39-17-32(18-39)9-8-25(41)36-31(32)43;1-9-10(2)27-19-16(9)17(12-4-6-13(20)7-5-12)21-14(8-15(25)26)18-23-22-11(3)24(18)19;14-3-5-19-7-8-20-6-4-16-9-13(10-16)2-1-11(17)15-12(13)18;1-2(3)4/h4-7,24H,8-18H2,1-3H3,(H,34,42)(H,36,41,43);4-7,14H,8H2,1-3H3,(H,25,26);1-10,14H2,(H,15,17,18);1H3,(H,3,4)/t24-;14-;;/m00../s1. The number of quaternary nitrogens is 1. The lowest BCUT2D eigenvalue weighted by atomic mass is 9.73. The number of carbonyl (C=O) groups excluding carboxylic acids is 6. The van der Waals surface area contributed by atoms with E-state index in [2.05, 4.69) is 79.6 Å². The summed E-state index contributed by atoms with van der Waals surface area (Å²) in [6, 6.07) is 13.9. The van der Waals surface area contributed by atoms with Gasteiger partial charge in [-0.05, 0) is 96.7 Å². The van der Waals surface area contributed by atoms with Gasteiger partial charge in [-0.15, -0.1) is 43.1 Å². The van der Waals surface area contributed by atoms with E-state index in [-0.39, 0.29) is 47.8 Å². The number of aromatic nitrogens is 6. The summed E-state index contributed by atoms with van der Waals surface area (Å²) in [6.07, 6.45) is 2.12. The number of aryl methyl sites for hydroxylation is 4. The molecular formula is C66H82Cl2N14O13S2. The van der Waals surface area contributed by atoms with Crippen LogP contribution >= 0.6 is 45.9 Å². The van der Waals surface area contributed by atoms with Gasteiger partial charge in [-0.3, -0.25) is 68.3 Å². The van der Waals surface area contributed by atoms with E-state index in [4.69, 9.17) is 62.0 Å². The van der Waals surface area contributed by atoms with Gasteiger partial charge in [-0.1, -0.05) is 47.5 Å². The average molecular weight is 1410 g/mol. The normalized spacial score (nSPS) is 18.0. The van der Waals surface area contributed by atoms with Crippen LogP contribution in [0.3, 0.4) is 0 Å². The highest BCUT2D eigenvalue weighted by Crippen LogP contribution is 2.43. The van der Waals surface area contributed by atoms with Gasteiger partial charge in [0.2, 0.25) is 29.5 Å². The number of fused-ring (bicyclic) bond motifs is 6. The first kappa shape index (κ1) is 73.7. The molecule has 4 aromatic heterocycles. The zero-order chi connectivity index (χ0) is 69.7. The second-order valence-electron chi connectivity index (χ2n) is 24.5.